The number of hydrogen-bond donors (Lipinski definition) is 1. The monoisotopic (exact) mass is 373 g/mol. The number of rotatable bonds is 6. The molecule has 0 aliphatic carbocycles. The van der Waals surface area contributed by atoms with Gasteiger partial charge in [0.25, 0.3) is 5.91 Å². The Hall–Kier alpha value is -3.87. The Bertz CT molecular complexity index is 955. The summed E-state index contributed by atoms with van der Waals surface area (Å²) in [5, 5.41) is 4.10. The summed E-state index contributed by atoms with van der Waals surface area (Å²) < 4.78 is 5.73. The minimum Gasteiger partial charge on any atom is -0.486 e. The number of carbonyl (C=O) groups is 1. The van der Waals surface area contributed by atoms with Gasteiger partial charge in [-0.1, -0.05) is 23.8 Å². The van der Waals surface area contributed by atoms with Crippen molar-refractivity contribution in [2.75, 3.05) is 6.61 Å². The molecule has 0 aliphatic rings. The van der Waals surface area contributed by atoms with Crippen LogP contribution in [0, 0.1) is 6.92 Å². The fourth-order valence-electron chi connectivity index (χ4n) is 2.17. The molecule has 2 aromatic heterocycles. The van der Waals surface area contributed by atoms with Crippen molar-refractivity contribution in [1.29, 1.82) is 0 Å². The van der Waals surface area contributed by atoms with Crippen LogP contribution in [0.1, 0.15) is 21.5 Å². The normalized spacial score (nSPS) is 11.4. The SMILES string of the molecule is Cc1ccc(OC/C(N=Cc2cccnc2)=N/NC(=O)c2ccncc2)cc1. The Morgan fingerprint density at radius 3 is 2.57 bits per heavy atom. The summed E-state index contributed by atoms with van der Waals surface area (Å²) >= 11 is 0. The topological polar surface area (TPSA) is 88.8 Å². The molecule has 2 heterocycles. The van der Waals surface area contributed by atoms with Crippen LogP contribution in [0.4, 0.5) is 0 Å². The van der Waals surface area contributed by atoms with Gasteiger partial charge in [0.05, 0.1) is 0 Å². The molecule has 28 heavy (non-hydrogen) atoms. The molecule has 3 aromatic rings. The smallest absolute Gasteiger partial charge is 0.271 e. The van der Waals surface area contributed by atoms with Crippen LogP contribution in [0.5, 0.6) is 5.75 Å². The zero-order valence-electron chi connectivity index (χ0n) is 15.3. The molecule has 0 saturated carbocycles. The summed E-state index contributed by atoms with van der Waals surface area (Å²) in [5.74, 6) is 0.647. The molecule has 7 nitrogen and oxygen atoms in total. The Kier molecular flexibility index (Phi) is 6.57. The van der Waals surface area contributed by atoms with E-state index in [0.29, 0.717) is 17.1 Å². The first kappa shape index (κ1) is 18.9. The number of amidine groups is 1. The van der Waals surface area contributed by atoms with Gasteiger partial charge >= 0.3 is 0 Å². The number of amides is 1. The molecule has 0 radical (unpaired) electrons. The van der Waals surface area contributed by atoms with Gasteiger partial charge in [-0.2, -0.15) is 5.10 Å². The maximum Gasteiger partial charge on any atom is 0.271 e. The second-order valence-corrected chi connectivity index (χ2v) is 5.85. The number of ether oxygens (including phenoxy) is 1. The molecule has 0 saturated heterocycles. The van der Waals surface area contributed by atoms with E-state index in [9.17, 15) is 4.79 Å². The van der Waals surface area contributed by atoms with Crippen LogP contribution in [-0.4, -0.2) is 34.5 Å². The highest BCUT2D eigenvalue weighted by Crippen LogP contribution is 2.11. The number of nitrogens with one attached hydrogen (secondary N) is 1. The zero-order valence-corrected chi connectivity index (χ0v) is 15.3. The number of aliphatic imine (C=N–C) groups is 1. The van der Waals surface area contributed by atoms with Crippen molar-refractivity contribution >= 4 is 18.0 Å². The Balaban J connectivity index is 1.72. The molecule has 1 aromatic carbocycles. The second kappa shape index (κ2) is 9.72. The third-order valence-corrected chi connectivity index (χ3v) is 3.66. The lowest BCUT2D eigenvalue weighted by Crippen LogP contribution is -2.21. The Labute approximate surface area is 162 Å². The first-order valence-corrected chi connectivity index (χ1v) is 8.61. The van der Waals surface area contributed by atoms with E-state index in [4.69, 9.17) is 4.74 Å². The van der Waals surface area contributed by atoms with E-state index < -0.39 is 0 Å². The number of pyridine rings is 2. The van der Waals surface area contributed by atoms with Gasteiger partial charge in [0.2, 0.25) is 0 Å². The highest BCUT2D eigenvalue weighted by atomic mass is 16.5. The van der Waals surface area contributed by atoms with Gasteiger partial charge in [-0.25, -0.2) is 10.4 Å². The van der Waals surface area contributed by atoms with Crippen molar-refractivity contribution in [3.8, 4) is 5.75 Å². The lowest BCUT2D eigenvalue weighted by atomic mass is 10.2. The number of carbonyl (C=O) groups excluding carboxylic acids is 1. The predicted octanol–water partition coefficient (Wildman–Crippen LogP) is 3.03. The highest BCUT2D eigenvalue weighted by molar-refractivity contribution is 5.98. The maximum atomic E-state index is 12.2. The molecular weight excluding hydrogens is 354 g/mol. The average Bonchev–Trinajstić information content (AvgIpc) is 2.75. The van der Waals surface area contributed by atoms with Gasteiger partial charge in [-0.15, -0.1) is 0 Å². The third-order valence-electron chi connectivity index (χ3n) is 3.66. The Morgan fingerprint density at radius 1 is 1.07 bits per heavy atom. The quantitative estimate of drug-likeness (QED) is 0.409. The molecule has 0 fully saturated rings. The number of aromatic nitrogens is 2. The molecule has 140 valence electrons. The van der Waals surface area contributed by atoms with Crippen LogP contribution < -0.4 is 10.2 Å². The van der Waals surface area contributed by atoms with E-state index in [1.54, 1.807) is 43.1 Å². The van der Waals surface area contributed by atoms with Gasteiger partial charge in [0.15, 0.2) is 5.84 Å². The summed E-state index contributed by atoms with van der Waals surface area (Å²) in [6, 6.07) is 14.5. The van der Waals surface area contributed by atoms with Crippen LogP contribution in [0.15, 0.2) is 83.4 Å². The van der Waals surface area contributed by atoms with Crippen molar-refractivity contribution in [3.63, 3.8) is 0 Å². The lowest BCUT2D eigenvalue weighted by Gasteiger charge is -2.07. The van der Waals surface area contributed by atoms with E-state index >= 15 is 0 Å². The molecule has 0 atom stereocenters. The third kappa shape index (κ3) is 5.84. The summed E-state index contributed by atoms with van der Waals surface area (Å²) in [7, 11) is 0. The first-order chi connectivity index (χ1) is 13.7. The van der Waals surface area contributed by atoms with Crippen molar-refractivity contribution in [1.82, 2.24) is 15.4 Å². The van der Waals surface area contributed by atoms with Crippen LogP contribution in [0.3, 0.4) is 0 Å². The molecule has 0 spiro atoms. The number of benzene rings is 1. The number of aryl methyl sites for hydroxylation is 1. The second-order valence-electron chi connectivity index (χ2n) is 5.85. The standard InChI is InChI=1S/C21H19N5O2/c1-16-4-6-19(7-5-16)28-15-20(24-14-17-3-2-10-23-13-17)25-26-21(27)18-8-11-22-12-9-18/h2-14H,15H2,1H3,(H,26,27)/b24-14?,25-20-. The van der Waals surface area contributed by atoms with Crippen LogP contribution in [0.25, 0.3) is 0 Å². The number of nitrogens with zero attached hydrogens (tertiary/aromatic N) is 4. The largest absolute Gasteiger partial charge is 0.486 e. The van der Waals surface area contributed by atoms with Crippen molar-refractivity contribution in [3.05, 3.63) is 90.0 Å². The number of hydrazone groups is 1. The van der Waals surface area contributed by atoms with Gasteiger partial charge in [0.1, 0.15) is 12.4 Å². The van der Waals surface area contributed by atoms with Crippen LogP contribution in [0.2, 0.25) is 0 Å². The molecule has 0 aliphatic heterocycles. The van der Waals surface area contributed by atoms with E-state index in [0.717, 1.165) is 11.1 Å². The van der Waals surface area contributed by atoms with Crippen molar-refractivity contribution in [2.45, 2.75) is 6.92 Å². The van der Waals surface area contributed by atoms with E-state index in [2.05, 4.69) is 25.5 Å². The predicted molar refractivity (Wildman–Crippen MR) is 108 cm³/mol. The fraction of sp³-hybridized carbons (Fsp3) is 0.0952. The van der Waals surface area contributed by atoms with Crippen molar-refractivity contribution in [2.24, 2.45) is 10.1 Å². The van der Waals surface area contributed by atoms with Crippen LogP contribution in [-0.2, 0) is 0 Å². The van der Waals surface area contributed by atoms with E-state index in [1.807, 2.05) is 43.3 Å². The zero-order chi connectivity index (χ0) is 19.6. The summed E-state index contributed by atoms with van der Waals surface area (Å²) in [4.78, 5) is 24.4. The van der Waals surface area contributed by atoms with Gasteiger partial charge in [-0.3, -0.25) is 14.8 Å². The summed E-state index contributed by atoms with van der Waals surface area (Å²) in [6.07, 6.45) is 8.06. The lowest BCUT2D eigenvalue weighted by molar-refractivity contribution is 0.0954. The van der Waals surface area contributed by atoms with Crippen molar-refractivity contribution < 1.29 is 9.53 Å². The molecular formula is C21H19N5O2. The molecule has 3 rings (SSSR count). The number of hydrogen-bond acceptors (Lipinski definition) is 5. The summed E-state index contributed by atoms with van der Waals surface area (Å²) in [5.41, 5.74) is 4.90. The fourth-order valence-corrected chi connectivity index (χ4v) is 2.17. The molecule has 1 amide bonds. The maximum absolute atomic E-state index is 12.2. The summed E-state index contributed by atoms with van der Waals surface area (Å²) in [6.45, 7) is 2.10. The molecule has 0 unspecified atom stereocenters. The average molecular weight is 373 g/mol. The van der Waals surface area contributed by atoms with Gasteiger partial charge in [-0.05, 0) is 37.3 Å². The molecule has 0 bridgehead atoms. The van der Waals surface area contributed by atoms with Crippen LogP contribution >= 0.6 is 0 Å². The Morgan fingerprint density at radius 2 is 1.86 bits per heavy atom. The van der Waals surface area contributed by atoms with Gasteiger partial charge in [0, 0.05) is 42.1 Å². The van der Waals surface area contributed by atoms with Gasteiger partial charge < -0.3 is 4.74 Å². The highest BCUT2D eigenvalue weighted by Gasteiger charge is 2.05. The van der Waals surface area contributed by atoms with E-state index in [1.165, 1.54) is 0 Å². The first-order valence-electron chi connectivity index (χ1n) is 8.61. The molecule has 1 N–H and O–H groups in total. The minimum absolute atomic E-state index is 0.0937. The molecule has 7 heteroatoms. The van der Waals surface area contributed by atoms with E-state index in [-0.39, 0.29) is 12.5 Å². The minimum atomic E-state index is -0.355.